The number of hydrogen-bond acceptors (Lipinski definition) is 7. The first kappa shape index (κ1) is 21.4. The number of likely N-dealkylation sites (tertiary alicyclic amines) is 1. The molecule has 0 saturated carbocycles. The maximum Gasteiger partial charge on any atom is 0.451 e. The highest BCUT2D eigenvalue weighted by atomic mass is 16.5. The highest BCUT2D eigenvalue weighted by Gasteiger charge is 2.51. The summed E-state index contributed by atoms with van der Waals surface area (Å²) in [4.78, 5) is 26.5. The normalized spacial score (nSPS) is 23.1. The minimum absolute atomic E-state index is 0.0351. The first-order chi connectivity index (χ1) is 12.7. The van der Waals surface area contributed by atoms with Gasteiger partial charge in [0.15, 0.2) is 0 Å². The minimum atomic E-state index is -1.41. The average molecular weight is 377 g/mol. The first-order valence-electron chi connectivity index (χ1n) is 9.14. The lowest BCUT2D eigenvalue weighted by molar-refractivity contribution is -0.152. The summed E-state index contributed by atoms with van der Waals surface area (Å²) in [6, 6.07) is 8.57. The smallest absolute Gasteiger partial charge is 0.451 e. The number of ether oxygens (including phenoxy) is 1. The predicted octanol–water partition coefficient (Wildman–Crippen LogP) is -0.514. The Balaban J connectivity index is 2.08. The van der Waals surface area contributed by atoms with E-state index in [1.807, 2.05) is 30.3 Å². The van der Waals surface area contributed by atoms with Gasteiger partial charge in [-0.1, -0.05) is 36.8 Å². The molecule has 1 amide bonds. The Kier molecular flexibility index (Phi) is 7.37. The van der Waals surface area contributed by atoms with Crippen molar-refractivity contribution in [2.75, 3.05) is 13.1 Å². The molecule has 3 atom stereocenters. The molecule has 0 spiro atoms. The largest absolute Gasteiger partial charge is 0.459 e. The van der Waals surface area contributed by atoms with Gasteiger partial charge in [-0.25, -0.2) is 4.79 Å². The van der Waals surface area contributed by atoms with Gasteiger partial charge in [0, 0.05) is 19.0 Å². The second-order valence-corrected chi connectivity index (χ2v) is 7.22. The Bertz CT molecular complexity index is 643. The predicted molar refractivity (Wildman–Crippen MR) is 101 cm³/mol. The quantitative estimate of drug-likeness (QED) is 0.353. The standard InChI is InChI=1S/C18H28BN3O5/c1-13(20)16(23)22-10-15(8-5-9-19(25)26)18(21,12-22)17(24)27-11-14-6-3-2-4-7-14/h2-4,6-7,13,15,25-26H,5,8-12,20-21H2,1H3/t13?,15-,18-/m0/s1. The van der Waals surface area contributed by atoms with Crippen LogP contribution in [0, 0.1) is 5.92 Å². The molecule has 0 aliphatic carbocycles. The average Bonchev–Trinajstić information content (AvgIpc) is 2.97. The number of rotatable bonds is 8. The van der Waals surface area contributed by atoms with Gasteiger partial charge in [0.05, 0.1) is 6.04 Å². The molecule has 1 saturated heterocycles. The summed E-state index contributed by atoms with van der Waals surface area (Å²) in [5.74, 6) is -1.19. The van der Waals surface area contributed by atoms with E-state index in [9.17, 15) is 9.59 Å². The Morgan fingerprint density at radius 3 is 2.63 bits per heavy atom. The van der Waals surface area contributed by atoms with Crippen LogP contribution in [-0.4, -0.2) is 58.6 Å². The Morgan fingerprint density at radius 1 is 1.37 bits per heavy atom. The van der Waals surface area contributed by atoms with Crippen molar-refractivity contribution in [1.29, 1.82) is 0 Å². The van der Waals surface area contributed by atoms with Gasteiger partial charge in [-0.05, 0) is 25.2 Å². The molecule has 1 aromatic rings. The molecule has 148 valence electrons. The van der Waals surface area contributed by atoms with Gasteiger partial charge in [-0.15, -0.1) is 0 Å². The van der Waals surface area contributed by atoms with Crippen LogP contribution in [0.2, 0.25) is 6.32 Å². The molecule has 1 unspecified atom stereocenters. The van der Waals surface area contributed by atoms with Crippen molar-refractivity contribution in [3.8, 4) is 0 Å². The number of hydrogen-bond donors (Lipinski definition) is 4. The number of amides is 1. The molecule has 1 heterocycles. The van der Waals surface area contributed by atoms with Crippen molar-refractivity contribution in [1.82, 2.24) is 4.90 Å². The molecule has 6 N–H and O–H groups in total. The number of esters is 1. The molecule has 1 aromatic carbocycles. The monoisotopic (exact) mass is 377 g/mol. The van der Waals surface area contributed by atoms with Crippen molar-refractivity contribution < 1.29 is 24.4 Å². The minimum Gasteiger partial charge on any atom is -0.459 e. The number of carbonyl (C=O) groups is 2. The zero-order valence-corrected chi connectivity index (χ0v) is 15.6. The van der Waals surface area contributed by atoms with Crippen LogP contribution in [0.3, 0.4) is 0 Å². The van der Waals surface area contributed by atoms with E-state index in [-0.39, 0.29) is 31.3 Å². The SMILES string of the molecule is CC(N)C(=O)N1C[C@H](CCCB(O)O)[C@](N)(C(=O)OCc2ccccc2)C1. The Morgan fingerprint density at radius 2 is 2.04 bits per heavy atom. The summed E-state index contributed by atoms with van der Waals surface area (Å²) >= 11 is 0. The van der Waals surface area contributed by atoms with Crippen LogP contribution in [0.1, 0.15) is 25.3 Å². The highest BCUT2D eigenvalue weighted by Crippen LogP contribution is 2.32. The molecule has 27 heavy (non-hydrogen) atoms. The van der Waals surface area contributed by atoms with Crippen LogP contribution in [0.15, 0.2) is 30.3 Å². The van der Waals surface area contributed by atoms with Gasteiger partial charge in [0.2, 0.25) is 5.91 Å². The molecule has 1 aliphatic rings. The van der Waals surface area contributed by atoms with E-state index in [0.717, 1.165) is 5.56 Å². The number of nitrogens with two attached hydrogens (primary N) is 2. The summed E-state index contributed by atoms with van der Waals surface area (Å²) in [7, 11) is -1.41. The second kappa shape index (κ2) is 9.32. The van der Waals surface area contributed by atoms with E-state index in [2.05, 4.69) is 0 Å². The molecular weight excluding hydrogens is 349 g/mol. The first-order valence-corrected chi connectivity index (χ1v) is 9.14. The fraction of sp³-hybridized carbons (Fsp3) is 0.556. The van der Waals surface area contributed by atoms with Crippen LogP contribution in [0.25, 0.3) is 0 Å². The maximum atomic E-state index is 12.8. The van der Waals surface area contributed by atoms with Crippen LogP contribution in [0.4, 0.5) is 0 Å². The molecule has 0 radical (unpaired) electrons. The molecular formula is C18H28BN3O5. The lowest BCUT2D eigenvalue weighted by Gasteiger charge is -2.28. The fourth-order valence-corrected chi connectivity index (χ4v) is 3.38. The molecule has 1 aliphatic heterocycles. The molecule has 0 aromatic heterocycles. The third kappa shape index (κ3) is 5.52. The Hall–Kier alpha value is -1.94. The maximum absolute atomic E-state index is 12.8. The summed E-state index contributed by atoms with van der Waals surface area (Å²) in [5, 5.41) is 18.1. The van der Waals surface area contributed by atoms with Crippen LogP contribution < -0.4 is 11.5 Å². The van der Waals surface area contributed by atoms with Crippen molar-refractivity contribution >= 4 is 19.0 Å². The summed E-state index contributed by atoms with van der Waals surface area (Å²) in [6.07, 6.45) is 1.11. The Labute approximate surface area is 159 Å². The third-order valence-electron chi connectivity index (χ3n) is 4.93. The van der Waals surface area contributed by atoms with E-state index >= 15 is 0 Å². The van der Waals surface area contributed by atoms with Gasteiger partial charge in [-0.2, -0.15) is 0 Å². The molecule has 2 rings (SSSR count). The summed E-state index contributed by atoms with van der Waals surface area (Å²) < 4.78 is 5.43. The van der Waals surface area contributed by atoms with Gasteiger partial charge < -0.3 is 31.2 Å². The van der Waals surface area contributed by atoms with Crippen LogP contribution in [0.5, 0.6) is 0 Å². The second-order valence-electron chi connectivity index (χ2n) is 7.22. The van der Waals surface area contributed by atoms with Crippen LogP contribution in [-0.2, 0) is 20.9 Å². The van der Waals surface area contributed by atoms with Gasteiger partial charge in [-0.3, -0.25) is 4.79 Å². The zero-order chi connectivity index (χ0) is 20.0. The van der Waals surface area contributed by atoms with E-state index < -0.39 is 24.7 Å². The number of nitrogens with zero attached hydrogens (tertiary/aromatic N) is 1. The fourth-order valence-electron chi connectivity index (χ4n) is 3.38. The lowest BCUT2D eigenvalue weighted by Crippen LogP contribution is -2.56. The number of carbonyl (C=O) groups excluding carboxylic acids is 2. The van der Waals surface area contributed by atoms with Gasteiger partial charge >= 0.3 is 13.1 Å². The van der Waals surface area contributed by atoms with E-state index in [4.69, 9.17) is 26.3 Å². The molecule has 8 nitrogen and oxygen atoms in total. The number of benzene rings is 1. The topological polar surface area (TPSA) is 139 Å². The van der Waals surface area contributed by atoms with Crippen molar-refractivity contribution in [2.45, 2.75) is 44.3 Å². The molecule has 9 heteroatoms. The third-order valence-corrected chi connectivity index (χ3v) is 4.93. The van der Waals surface area contributed by atoms with Crippen molar-refractivity contribution in [3.63, 3.8) is 0 Å². The lowest BCUT2D eigenvalue weighted by atomic mass is 9.78. The zero-order valence-electron chi connectivity index (χ0n) is 15.6. The van der Waals surface area contributed by atoms with Gasteiger partial charge in [0.25, 0.3) is 0 Å². The van der Waals surface area contributed by atoms with Crippen molar-refractivity contribution in [3.05, 3.63) is 35.9 Å². The van der Waals surface area contributed by atoms with Gasteiger partial charge in [0.1, 0.15) is 12.1 Å². The summed E-state index contributed by atoms with van der Waals surface area (Å²) in [6.45, 7) is 2.01. The molecule has 0 bridgehead atoms. The highest BCUT2D eigenvalue weighted by molar-refractivity contribution is 6.40. The van der Waals surface area contributed by atoms with Crippen molar-refractivity contribution in [2.24, 2.45) is 17.4 Å². The molecule has 1 fully saturated rings. The summed E-state index contributed by atoms with van der Waals surface area (Å²) in [5.41, 5.74) is 11.6. The van der Waals surface area contributed by atoms with E-state index in [1.54, 1.807) is 6.92 Å². The van der Waals surface area contributed by atoms with Crippen LogP contribution >= 0.6 is 0 Å². The van der Waals surface area contributed by atoms with E-state index in [1.165, 1.54) is 4.90 Å². The van der Waals surface area contributed by atoms with E-state index in [0.29, 0.717) is 19.4 Å².